The van der Waals surface area contributed by atoms with Gasteiger partial charge in [0.15, 0.2) is 28.5 Å². The Balaban J connectivity index is 2.02. The van der Waals surface area contributed by atoms with E-state index in [1.165, 1.54) is 19.5 Å². The Hall–Kier alpha value is -2.54. The summed E-state index contributed by atoms with van der Waals surface area (Å²) >= 11 is 5.86. The molecule has 2 aromatic heterocycles. The minimum atomic E-state index is 0.0590. The van der Waals surface area contributed by atoms with Crippen molar-refractivity contribution >= 4 is 34.3 Å². The van der Waals surface area contributed by atoms with Crippen LogP contribution in [0.15, 0.2) is 24.5 Å². The summed E-state index contributed by atoms with van der Waals surface area (Å²) in [4.78, 5) is 15.1. The second-order valence-electron chi connectivity index (χ2n) is 3.95. The zero-order valence-electron chi connectivity index (χ0n) is 10.4. The number of ether oxygens (including phenoxy) is 1. The summed E-state index contributed by atoms with van der Waals surface area (Å²) < 4.78 is 5.05. The minimum Gasteiger partial charge on any atom is -0.504 e. The number of aromatic amines is 1. The molecule has 0 radical (unpaired) electrons. The zero-order valence-corrected chi connectivity index (χ0v) is 11.1. The second-order valence-corrected chi connectivity index (χ2v) is 4.29. The lowest BCUT2D eigenvalue weighted by Gasteiger charge is -2.09. The Morgan fingerprint density at radius 2 is 2.20 bits per heavy atom. The van der Waals surface area contributed by atoms with Crippen molar-refractivity contribution in [3.63, 3.8) is 0 Å². The summed E-state index contributed by atoms with van der Waals surface area (Å²) in [6.45, 7) is 0. The first-order valence-electron chi connectivity index (χ1n) is 5.68. The van der Waals surface area contributed by atoms with Crippen LogP contribution in [0.2, 0.25) is 5.28 Å². The highest BCUT2D eigenvalue weighted by Crippen LogP contribution is 2.31. The van der Waals surface area contributed by atoms with Crippen molar-refractivity contribution in [1.82, 2.24) is 19.9 Å². The third-order valence-corrected chi connectivity index (χ3v) is 2.86. The Morgan fingerprint density at radius 3 is 3.00 bits per heavy atom. The highest BCUT2D eigenvalue weighted by molar-refractivity contribution is 6.28. The predicted octanol–water partition coefficient (Wildman–Crippen LogP) is 2.46. The maximum Gasteiger partial charge on any atom is 0.226 e. The topological polar surface area (TPSA) is 96.0 Å². The number of methoxy groups -OCH3 is 1. The molecule has 102 valence electrons. The Morgan fingerprint density at radius 1 is 1.35 bits per heavy atom. The molecule has 0 aliphatic heterocycles. The molecule has 0 saturated heterocycles. The molecule has 0 fully saturated rings. The number of rotatable bonds is 3. The van der Waals surface area contributed by atoms with Crippen molar-refractivity contribution in [2.75, 3.05) is 12.4 Å². The SMILES string of the molecule is COc1cc(Nc2nc(Cl)nc3[nH]cnc23)ccc1O. The van der Waals surface area contributed by atoms with Gasteiger partial charge in [-0.1, -0.05) is 0 Å². The van der Waals surface area contributed by atoms with Gasteiger partial charge in [-0.25, -0.2) is 4.98 Å². The van der Waals surface area contributed by atoms with Gasteiger partial charge in [-0.15, -0.1) is 0 Å². The van der Waals surface area contributed by atoms with E-state index in [1.54, 1.807) is 12.1 Å². The van der Waals surface area contributed by atoms with E-state index in [4.69, 9.17) is 16.3 Å². The van der Waals surface area contributed by atoms with E-state index in [1.807, 2.05) is 0 Å². The van der Waals surface area contributed by atoms with Crippen LogP contribution >= 0.6 is 11.6 Å². The van der Waals surface area contributed by atoms with E-state index in [9.17, 15) is 5.11 Å². The molecule has 2 heterocycles. The van der Waals surface area contributed by atoms with E-state index in [0.29, 0.717) is 28.4 Å². The van der Waals surface area contributed by atoms with Crippen LogP contribution in [-0.2, 0) is 0 Å². The molecule has 3 rings (SSSR count). The monoisotopic (exact) mass is 291 g/mol. The highest BCUT2D eigenvalue weighted by atomic mass is 35.5. The first kappa shape index (κ1) is 12.5. The molecule has 0 spiro atoms. The van der Waals surface area contributed by atoms with Crippen LogP contribution in [0, 0.1) is 0 Å². The Labute approximate surface area is 118 Å². The number of nitrogens with one attached hydrogen (secondary N) is 2. The van der Waals surface area contributed by atoms with E-state index in [2.05, 4.69) is 25.3 Å². The molecule has 0 amide bonds. The first-order valence-corrected chi connectivity index (χ1v) is 6.06. The number of phenols is 1. The van der Waals surface area contributed by atoms with Crippen LogP contribution in [0.4, 0.5) is 11.5 Å². The Bertz CT molecular complexity index is 774. The average Bonchev–Trinajstić information content (AvgIpc) is 2.89. The number of aromatic hydroxyl groups is 1. The number of H-pyrrole nitrogens is 1. The van der Waals surface area contributed by atoms with E-state index >= 15 is 0 Å². The standard InChI is InChI=1S/C12H10ClN5O2/c1-20-8-4-6(2-3-7(8)19)16-11-9-10(15-5-14-9)17-12(13)18-11/h2-5,19H,1H3,(H2,14,15,16,17,18). The number of hydrogen-bond donors (Lipinski definition) is 3. The van der Waals surface area contributed by atoms with Gasteiger partial charge in [0.25, 0.3) is 0 Å². The fraction of sp³-hybridized carbons (Fsp3) is 0.0833. The molecule has 0 aliphatic rings. The third kappa shape index (κ3) is 2.19. The lowest BCUT2D eigenvalue weighted by atomic mass is 10.2. The number of phenolic OH excluding ortho intramolecular Hbond substituents is 1. The first-order chi connectivity index (χ1) is 9.67. The molecule has 0 unspecified atom stereocenters. The predicted molar refractivity (Wildman–Crippen MR) is 74.6 cm³/mol. The molecule has 20 heavy (non-hydrogen) atoms. The van der Waals surface area contributed by atoms with Crippen LogP contribution in [0.25, 0.3) is 11.2 Å². The molecule has 1 aromatic carbocycles. The van der Waals surface area contributed by atoms with E-state index in [-0.39, 0.29) is 11.0 Å². The number of hydrogen-bond acceptors (Lipinski definition) is 6. The molecule has 0 bridgehead atoms. The lowest BCUT2D eigenvalue weighted by molar-refractivity contribution is 0.374. The number of benzene rings is 1. The van der Waals surface area contributed by atoms with Crippen LogP contribution < -0.4 is 10.1 Å². The van der Waals surface area contributed by atoms with Crippen molar-refractivity contribution in [1.29, 1.82) is 0 Å². The number of imidazole rings is 1. The number of aromatic nitrogens is 4. The van der Waals surface area contributed by atoms with Crippen molar-refractivity contribution in [3.05, 3.63) is 29.8 Å². The van der Waals surface area contributed by atoms with Gasteiger partial charge >= 0.3 is 0 Å². The maximum atomic E-state index is 9.57. The highest BCUT2D eigenvalue weighted by Gasteiger charge is 2.10. The molecule has 0 aliphatic carbocycles. The number of nitrogens with zero attached hydrogens (tertiary/aromatic N) is 3. The summed E-state index contributed by atoms with van der Waals surface area (Å²) in [5, 5.41) is 12.7. The molecule has 3 N–H and O–H groups in total. The minimum absolute atomic E-state index is 0.0590. The molecular weight excluding hydrogens is 282 g/mol. The Kier molecular flexibility index (Phi) is 3.03. The van der Waals surface area contributed by atoms with Crippen LogP contribution in [0.1, 0.15) is 0 Å². The van der Waals surface area contributed by atoms with E-state index in [0.717, 1.165) is 0 Å². The van der Waals surface area contributed by atoms with Crippen LogP contribution in [0.3, 0.4) is 0 Å². The summed E-state index contributed by atoms with van der Waals surface area (Å²) in [7, 11) is 1.48. The van der Waals surface area contributed by atoms with Gasteiger partial charge in [0, 0.05) is 11.8 Å². The molecule has 7 nitrogen and oxygen atoms in total. The van der Waals surface area contributed by atoms with Gasteiger partial charge in [0.1, 0.15) is 0 Å². The van der Waals surface area contributed by atoms with Gasteiger partial charge in [-0.2, -0.15) is 9.97 Å². The van der Waals surface area contributed by atoms with Gasteiger partial charge < -0.3 is 20.1 Å². The van der Waals surface area contributed by atoms with Crippen LogP contribution in [-0.4, -0.2) is 32.2 Å². The largest absolute Gasteiger partial charge is 0.504 e. The lowest BCUT2D eigenvalue weighted by Crippen LogP contribution is -1.97. The van der Waals surface area contributed by atoms with Gasteiger partial charge in [-0.05, 0) is 23.7 Å². The summed E-state index contributed by atoms with van der Waals surface area (Å²) in [5.74, 6) is 0.881. The zero-order chi connectivity index (χ0) is 14.1. The van der Waals surface area contributed by atoms with Crippen molar-refractivity contribution in [2.24, 2.45) is 0 Å². The van der Waals surface area contributed by atoms with E-state index < -0.39 is 0 Å². The molecule has 8 heteroatoms. The molecular formula is C12H10ClN5O2. The van der Waals surface area contributed by atoms with Crippen molar-refractivity contribution < 1.29 is 9.84 Å². The number of halogens is 1. The average molecular weight is 292 g/mol. The van der Waals surface area contributed by atoms with Gasteiger partial charge in [-0.3, -0.25) is 0 Å². The van der Waals surface area contributed by atoms with Gasteiger partial charge in [0.2, 0.25) is 5.28 Å². The third-order valence-electron chi connectivity index (χ3n) is 2.69. The maximum absolute atomic E-state index is 9.57. The van der Waals surface area contributed by atoms with Crippen LogP contribution in [0.5, 0.6) is 11.5 Å². The summed E-state index contributed by atoms with van der Waals surface area (Å²) in [6.07, 6.45) is 1.51. The van der Waals surface area contributed by atoms with Gasteiger partial charge in [0.05, 0.1) is 13.4 Å². The number of fused-ring (bicyclic) bond motifs is 1. The van der Waals surface area contributed by atoms with Crippen molar-refractivity contribution in [2.45, 2.75) is 0 Å². The quantitative estimate of drug-likeness (QED) is 0.507. The number of anilines is 2. The fourth-order valence-electron chi connectivity index (χ4n) is 1.79. The molecule has 0 atom stereocenters. The molecule has 3 aromatic rings. The molecule has 0 saturated carbocycles. The smallest absolute Gasteiger partial charge is 0.226 e. The summed E-state index contributed by atoms with van der Waals surface area (Å²) in [5.41, 5.74) is 1.79. The second kappa shape index (κ2) is 4.86. The van der Waals surface area contributed by atoms with Crippen molar-refractivity contribution in [3.8, 4) is 11.5 Å². The normalized spacial score (nSPS) is 10.7. The fourth-order valence-corrected chi connectivity index (χ4v) is 1.96. The summed E-state index contributed by atoms with van der Waals surface area (Å²) in [6, 6.07) is 4.85.